The second-order valence-electron chi connectivity index (χ2n) is 4.18. The molecular weight excluding hydrogens is 210 g/mol. The van der Waals surface area contributed by atoms with Gasteiger partial charge in [-0.15, -0.1) is 0 Å². The van der Waals surface area contributed by atoms with Gasteiger partial charge in [0.05, 0.1) is 0 Å². The Hall–Kier alpha value is -1.45. The fourth-order valence-electron chi connectivity index (χ4n) is 2.08. The molecule has 3 nitrogen and oxygen atoms in total. The lowest BCUT2D eigenvalue weighted by atomic mass is 10.1. The van der Waals surface area contributed by atoms with E-state index in [0.717, 1.165) is 19.6 Å². The largest absolute Gasteiger partial charge is 0.329 e. The van der Waals surface area contributed by atoms with Crippen molar-refractivity contribution in [2.45, 2.75) is 13.5 Å². The third kappa shape index (κ3) is 2.81. The molecule has 17 heavy (non-hydrogen) atoms. The van der Waals surface area contributed by atoms with Crippen molar-refractivity contribution in [2.24, 2.45) is 5.73 Å². The van der Waals surface area contributed by atoms with Crippen LogP contribution < -0.4 is 5.73 Å². The first-order valence-corrected chi connectivity index (χ1v) is 6.09. The van der Waals surface area contributed by atoms with Gasteiger partial charge in [-0.25, -0.2) is 0 Å². The Morgan fingerprint density at radius 1 is 1.24 bits per heavy atom. The van der Waals surface area contributed by atoms with E-state index in [4.69, 9.17) is 5.73 Å². The fourth-order valence-corrected chi connectivity index (χ4v) is 2.08. The highest BCUT2D eigenvalue weighted by Crippen LogP contribution is 2.18. The maximum Gasteiger partial charge on any atom is 0.0346 e. The van der Waals surface area contributed by atoms with Gasteiger partial charge in [-0.05, 0) is 17.5 Å². The Kier molecular flexibility index (Phi) is 4.07. The van der Waals surface area contributed by atoms with Crippen molar-refractivity contribution in [1.29, 1.82) is 0 Å². The maximum absolute atomic E-state index is 5.61. The maximum atomic E-state index is 5.61. The highest BCUT2D eigenvalue weighted by molar-refractivity contribution is 5.84. The molecule has 0 aliphatic rings. The zero-order valence-electron chi connectivity index (χ0n) is 10.3. The summed E-state index contributed by atoms with van der Waals surface area (Å²) in [5, 5.41) is 2.49. The van der Waals surface area contributed by atoms with Gasteiger partial charge in [0, 0.05) is 37.4 Å². The second kappa shape index (κ2) is 5.75. The molecule has 1 heterocycles. The Morgan fingerprint density at radius 2 is 2.06 bits per heavy atom. The lowest BCUT2D eigenvalue weighted by Crippen LogP contribution is -2.28. The summed E-state index contributed by atoms with van der Waals surface area (Å²) in [5.74, 6) is 0. The molecule has 2 aromatic rings. The molecule has 2 rings (SSSR count). The van der Waals surface area contributed by atoms with Gasteiger partial charge in [0.1, 0.15) is 0 Å². The number of benzene rings is 1. The van der Waals surface area contributed by atoms with Gasteiger partial charge < -0.3 is 5.73 Å². The van der Waals surface area contributed by atoms with Crippen LogP contribution in [0.15, 0.2) is 36.7 Å². The van der Waals surface area contributed by atoms with Gasteiger partial charge in [0.15, 0.2) is 0 Å². The zero-order valence-corrected chi connectivity index (χ0v) is 10.3. The number of pyridine rings is 1. The number of likely N-dealkylation sites (N-methyl/N-ethyl adjacent to an activating group) is 1. The summed E-state index contributed by atoms with van der Waals surface area (Å²) < 4.78 is 0. The van der Waals surface area contributed by atoms with E-state index in [1.54, 1.807) is 0 Å². The van der Waals surface area contributed by atoms with Gasteiger partial charge >= 0.3 is 0 Å². The number of fused-ring (bicyclic) bond motifs is 1. The van der Waals surface area contributed by atoms with Crippen LogP contribution in [0.5, 0.6) is 0 Å². The molecule has 2 N–H and O–H groups in total. The molecule has 0 saturated heterocycles. The number of aromatic nitrogens is 1. The van der Waals surface area contributed by atoms with Crippen LogP contribution in [0.3, 0.4) is 0 Å². The van der Waals surface area contributed by atoms with Gasteiger partial charge in [0.2, 0.25) is 0 Å². The Bertz CT molecular complexity index is 476. The van der Waals surface area contributed by atoms with E-state index >= 15 is 0 Å². The van der Waals surface area contributed by atoms with E-state index < -0.39 is 0 Å². The normalized spacial score (nSPS) is 11.2. The van der Waals surface area contributed by atoms with Crippen LogP contribution in [0, 0.1) is 0 Å². The standard InChI is InChI=1S/C14H19N3/c1-2-17(8-7-15)11-13-10-16-9-12-5-3-4-6-14(12)13/h3-6,9-10H,2,7-8,11,15H2,1H3. The number of nitrogens with zero attached hydrogens (tertiary/aromatic N) is 2. The average Bonchev–Trinajstić information content (AvgIpc) is 2.38. The van der Waals surface area contributed by atoms with Crippen molar-refractivity contribution in [3.63, 3.8) is 0 Å². The van der Waals surface area contributed by atoms with Crippen molar-refractivity contribution in [3.05, 3.63) is 42.2 Å². The lowest BCUT2D eigenvalue weighted by molar-refractivity contribution is 0.289. The monoisotopic (exact) mass is 229 g/mol. The minimum atomic E-state index is 0.700. The summed E-state index contributed by atoms with van der Waals surface area (Å²) in [6.45, 7) is 5.72. The summed E-state index contributed by atoms with van der Waals surface area (Å²) in [6.07, 6.45) is 3.87. The SMILES string of the molecule is CCN(CCN)Cc1cncc2ccccc12. The van der Waals surface area contributed by atoms with Crippen LogP contribution in [0.25, 0.3) is 10.8 Å². The molecule has 0 amide bonds. The van der Waals surface area contributed by atoms with E-state index in [2.05, 4.69) is 35.0 Å². The minimum absolute atomic E-state index is 0.700. The number of hydrogen-bond donors (Lipinski definition) is 1. The first-order chi connectivity index (χ1) is 8.35. The molecule has 1 aromatic heterocycles. The van der Waals surface area contributed by atoms with E-state index in [0.29, 0.717) is 6.54 Å². The zero-order chi connectivity index (χ0) is 12.1. The van der Waals surface area contributed by atoms with Gasteiger partial charge in [-0.3, -0.25) is 9.88 Å². The molecule has 0 aliphatic carbocycles. The highest BCUT2D eigenvalue weighted by atomic mass is 15.1. The summed E-state index contributed by atoms with van der Waals surface area (Å²) in [4.78, 5) is 6.64. The van der Waals surface area contributed by atoms with Crippen LogP contribution >= 0.6 is 0 Å². The Balaban J connectivity index is 2.28. The molecule has 0 atom stereocenters. The Labute approximate surface area is 102 Å². The summed E-state index contributed by atoms with van der Waals surface area (Å²) in [6, 6.07) is 8.38. The smallest absolute Gasteiger partial charge is 0.0346 e. The molecule has 0 saturated carbocycles. The van der Waals surface area contributed by atoms with E-state index in [1.165, 1.54) is 16.3 Å². The predicted octanol–water partition coefficient (Wildman–Crippen LogP) is 2.02. The van der Waals surface area contributed by atoms with Crippen molar-refractivity contribution in [1.82, 2.24) is 9.88 Å². The third-order valence-electron chi connectivity index (χ3n) is 3.04. The first-order valence-electron chi connectivity index (χ1n) is 6.09. The van der Waals surface area contributed by atoms with Crippen LogP contribution in [0.2, 0.25) is 0 Å². The van der Waals surface area contributed by atoms with Crippen molar-refractivity contribution in [3.8, 4) is 0 Å². The molecule has 0 unspecified atom stereocenters. The highest BCUT2D eigenvalue weighted by Gasteiger charge is 2.06. The topological polar surface area (TPSA) is 42.1 Å². The van der Waals surface area contributed by atoms with Crippen LogP contribution in [-0.4, -0.2) is 29.5 Å². The molecule has 0 bridgehead atoms. The van der Waals surface area contributed by atoms with E-state index in [-0.39, 0.29) is 0 Å². The van der Waals surface area contributed by atoms with Crippen molar-refractivity contribution < 1.29 is 0 Å². The van der Waals surface area contributed by atoms with Crippen LogP contribution in [-0.2, 0) is 6.54 Å². The van der Waals surface area contributed by atoms with Crippen LogP contribution in [0.1, 0.15) is 12.5 Å². The molecule has 0 radical (unpaired) electrons. The second-order valence-corrected chi connectivity index (χ2v) is 4.18. The minimum Gasteiger partial charge on any atom is -0.329 e. The summed E-state index contributed by atoms with van der Waals surface area (Å²) >= 11 is 0. The molecule has 0 fully saturated rings. The summed E-state index contributed by atoms with van der Waals surface area (Å²) in [5.41, 5.74) is 6.89. The molecular formula is C14H19N3. The number of rotatable bonds is 5. The van der Waals surface area contributed by atoms with Gasteiger partial charge in [-0.2, -0.15) is 0 Å². The van der Waals surface area contributed by atoms with Crippen molar-refractivity contribution in [2.75, 3.05) is 19.6 Å². The van der Waals surface area contributed by atoms with Crippen LogP contribution in [0.4, 0.5) is 0 Å². The lowest BCUT2D eigenvalue weighted by Gasteiger charge is -2.20. The molecule has 0 spiro atoms. The number of hydrogen-bond acceptors (Lipinski definition) is 3. The quantitative estimate of drug-likeness (QED) is 0.853. The van der Waals surface area contributed by atoms with E-state index in [1.807, 2.05) is 18.5 Å². The predicted molar refractivity (Wildman–Crippen MR) is 71.7 cm³/mol. The molecule has 1 aromatic carbocycles. The van der Waals surface area contributed by atoms with Gasteiger partial charge in [0.25, 0.3) is 0 Å². The van der Waals surface area contributed by atoms with Crippen molar-refractivity contribution >= 4 is 10.8 Å². The molecule has 90 valence electrons. The summed E-state index contributed by atoms with van der Waals surface area (Å²) in [7, 11) is 0. The third-order valence-corrected chi connectivity index (χ3v) is 3.04. The van der Waals surface area contributed by atoms with Gasteiger partial charge in [-0.1, -0.05) is 31.2 Å². The van der Waals surface area contributed by atoms with E-state index in [9.17, 15) is 0 Å². The first kappa shape index (κ1) is 12.0. The number of nitrogens with two attached hydrogens (primary N) is 1. The fraction of sp³-hybridized carbons (Fsp3) is 0.357. The Morgan fingerprint density at radius 3 is 2.82 bits per heavy atom. The molecule has 0 aliphatic heterocycles. The molecule has 3 heteroatoms. The average molecular weight is 229 g/mol.